The lowest BCUT2D eigenvalue weighted by atomic mass is 10.1. The van der Waals surface area contributed by atoms with Crippen LogP contribution in [0.5, 0.6) is 5.75 Å². The Labute approximate surface area is 203 Å². The first kappa shape index (κ1) is 22.7. The molecule has 3 aliphatic heterocycles. The normalized spacial score (nSPS) is 22.4. The number of carbonyl (C=O) groups is 2. The second-order valence-corrected chi connectivity index (χ2v) is 9.27. The van der Waals surface area contributed by atoms with Crippen molar-refractivity contribution in [3.63, 3.8) is 0 Å². The second-order valence-electron chi connectivity index (χ2n) is 8.33. The highest BCUT2D eigenvalue weighted by Gasteiger charge is 2.42. The van der Waals surface area contributed by atoms with E-state index >= 15 is 0 Å². The number of benzene rings is 2. The van der Waals surface area contributed by atoms with Crippen LogP contribution < -0.4 is 25.4 Å². The first-order valence-corrected chi connectivity index (χ1v) is 12.4. The molecule has 10 heteroatoms. The Balaban J connectivity index is 1.23. The number of para-hydroxylation sites is 3. The summed E-state index contributed by atoms with van der Waals surface area (Å²) in [4.78, 5) is 36.8. The van der Waals surface area contributed by atoms with E-state index < -0.39 is 0 Å². The molecule has 9 nitrogen and oxygen atoms in total. The van der Waals surface area contributed by atoms with E-state index in [1.165, 1.54) is 11.8 Å². The van der Waals surface area contributed by atoms with E-state index in [4.69, 9.17) is 9.73 Å². The molecule has 0 aromatic heterocycles. The predicted octanol–water partition coefficient (Wildman–Crippen LogP) is 1.53. The van der Waals surface area contributed by atoms with Gasteiger partial charge in [0.2, 0.25) is 11.8 Å². The molecule has 3 heterocycles. The first-order chi connectivity index (χ1) is 16.7. The minimum Gasteiger partial charge on any atom is -0.495 e. The van der Waals surface area contributed by atoms with Crippen LogP contribution in [0.15, 0.2) is 59.6 Å². The van der Waals surface area contributed by atoms with Crippen molar-refractivity contribution < 1.29 is 14.3 Å². The summed E-state index contributed by atoms with van der Waals surface area (Å²) in [6, 6.07) is 17.4. The van der Waals surface area contributed by atoms with Crippen LogP contribution in [0.2, 0.25) is 0 Å². The van der Waals surface area contributed by atoms with Crippen LogP contribution in [0.3, 0.4) is 0 Å². The van der Waals surface area contributed by atoms with E-state index in [0.717, 1.165) is 30.2 Å². The van der Waals surface area contributed by atoms with E-state index in [2.05, 4.69) is 15.8 Å². The molecule has 0 spiro atoms. The number of aliphatic imine (C=N–C) groups is 1. The summed E-state index contributed by atoms with van der Waals surface area (Å²) in [7, 11) is 1.67. The van der Waals surface area contributed by atoms with Crippen LogP contribution in [0, 0.1) is 5.92 Å². The number of nitrogens with one attached hydrogen (secondary N) is 2. The largest absolute Gasteiger partial charge is 0.495 e. The average Bonchev–Trinajstić information content (AvgIpc) is 3.37. The second kappa shape index (κ2) is 10.0. The number of hydrazine groups is 1. The van der Waals surface area contributed by atoms with Gasteiger partial charge in [-0.1, -0.05) is 42.1 Å². The zero-order valence-electron chi connectivity index (χ0n) is 19.0. The summed E-state index contributed by atoms with van der Waals surface area (Å²) in [5.41, 5.74) is 7.90. The van der Waals surface area contributed by atoms with Crippen LogP contribution in [-0.2, 0) is 9.59 Å². The molecule has 34 heavy (non-hydrogen) atoms. The molecule has 0 bridgehead atoms. The molecule has 178 valence electrons. The monoisotopic (exact) mass is 480 g/mol. The van der Waals surface area contributed by atoms with E-state index in [1.807, 2.05) is 59.5 Å². The quantitative estimate of drug-likeness (QED) is 0.671. The van der Waals surface area contributed by atoms with Crippen molar-refractivity contribution in [2.75, 3.05) is 55.4 Å². The Morgan fingerprint density at radius 2 is 1.82 bits per heavy atom. The number of amidine groups is 1. The topological polar surface area (TPSA) is 89.5 Å². The highest BCUT2D eigenvalue weighted by atomic mass is 32.2. The molecule has 2 aromatic carbocycles. The molecule has 3 aliphatic rings. The molecule has 2 amide bonds. The van der Waals surface area contributed by atoms with E-state index in [0.29, 0.717) is 24.8 Å². The first-order valence-electron chi connectivity index (χ1n) is 11.4. The number of carbonyl (C=O) groups excluding carboxylic acids is 2. The molecule has 0 radical (unpaired) electrons. The van der Waals surface area contributed by atoms with Crippen molar-refractivity contribution >= 4 is 40.1 Å². The minimum atomic E-state index is -0.311. The Morgan fingerprint density at radius 3 is 2.59 bits per heavy atom. The van der Waals surface area contributed by atoms with Gasteiger partial charge in [0, 0.05) is 32.7 Å². The van der Waals surface area contributed by atoms with Gasteiger partial charge in [0.25, 0.3) is 0 Å². The SMILES string of the molecule is COc1ccccc1N1CCN(C(=O)CSC2=NC3NNCC3C(=O)N2c2ccccc2)CC1. The average molecular weight is 481 g/mol. The van der Waals surface area contributed by atoms with Gasteiger partial charge in [-0.2, -0.15) is 0 Å². The lowest BCUT2D eigenvalue weighted by Crippen LogP contribution is -2.51. The molecule has 2 N–H and O–H groups in total. The Morgan fingerprint density at radius 1 is 1.09 bits per heavy atom. The number of methoxy groups -OCH3 is 1. The van der Waals surface area contributed by atoms with Gasteiger partial charge < -0.3 is 14.5 Å². The van der Waals surface area contributed by atoms with Crippen LogP contribution in [-0.4, -0.2) is 73.6 Å². The number of piperazine rings is 1. The van der Waals surface area contributed by atoms with Gasteiger partial charge in [0.15, 0.2) is 5.17 Å². The third-order valence-corrected chi connectivity index (χ3v) is 7.27. The van der Waals surface area contributed by atoms with E-state index in [-0.39, 0.29) is 29.7 Å². The molecule has 5 rings (SSSR count). The fourth-order valence-electron chi connectivity index (χ4n) is 4.49. The molecule has 0 aliphatic carbocycles. The number of amides is 2. The highest BCUT2D eigenvalue weighted by molar-refractivity contribution is 8.14. The van der Waals surface area contributed by atoms with E-state index in [1.54, 1.807) is 12.0 Å². The number of ether oxygens (including phenoxy) is 1. The third-order valence-electron chi connectivity index (χ3n) is 6.33. The number of hydrogen-bond donors (Lipinski definition) is 2. The Hall–Kier alpha value is -3.08. The number of rotatable bonds is 5. The van der Waals surface area contributed by atoms with Gasteiger partial charge in [-0.3, -0.25) is 19.9 Å². The Bertz CT molecular complexity index is 1070. The van der Waals surface area contributed by atoms with Crippen LogP contribution >= 0.6 is 11.8 Å². The summed E-state index contributed by atoms with van der Waals surface area (Å²) in [6.07, 6.45) is -0.311. The van der Waals surface area contributed by atoms with Gasteiger partial charge in [0.05, 0.1) is 30.2 Å². The van der Waals surface area contributed by atoms with Crippen LogP contribution in [0.1, 0.15) is 0 Å². The zero-order chi connectivity index (χ0) is 23.5. The summed E-state index contributed by atoms with van der Waals surface area (Å²) >= 11 is 1.32. The fourth-order valence-corrected chi connectivity index (χ4v) is 5.44. The predicted molar refractivity (Wildman–Crippen MR) is 134 cm³/mol. The molecular weight excluding hydrogens is 452 g/mol. The smallest absolute Gasteiger partial charge is 0.241 e. The van der Waals surface area contributed by atoms with Crippen molar-refractivity contribution in [1.82, 2.24) is 15.8 Å². The number of nitrogens with zero attached hydrogens (tertiary/aromatic N) is 4. The standard InChI is InChI=1S/C24H28N6O3S/c1-33-20-10-6-5-9-19(20)28-11-13-29(14-12-28)21(31)16-34-24-26-22-18(15-25-27-22)23(32)30(24)17-7-3-2-4-8-17/h2-10,18,22,25,27H,11-16H2,1H3. The van der Waals surface area contributed by atoms with Gasteiger partial charge in [0.1, 0.15) is 11.9 Å². The number of thioether (sulfide) groups is 1. The van der Waals surface area contributed by atoms with Gasteiger partial charge in [-0.15, -0.1) is 0 Å². The molecule has 2 atom stereocenters. The van der Waals surface area contributed by atoms with Crippen LogP contribution in [0.25, 0.3) is 0 Å². The lowest BCUT2D eigenvalue weighted by molar-refractivity contribution is -0.128. The van der Waals surface area contributed by atoms with Crippen LogP contribution in [0.4, 0.5) is 11.4 Å². The molecule has 0 saturated carbocycles. The van der Waals surface area contributed by atoms with Crippen molar-refractivity contribution in [2.45, 2.75) is 6.17 Å². The minimum absolute atomic E-state index is 0.0101. The number of anilines is 2. The maximum absolute atomic E-state index is 13.2. The lowest BCUT2D eigenvalue weighted by Gasteiger charge is -2.37. The summed E-state index contributed by atoms with van der Waals surface area (Å²) < 4.78 is 5.48. The molecule has 2 unspecified atom stereocenters. The van der Waals surface area contributed by atoms with Crippen molar-refractivity contribution in [3.05, 3.63) is 54.6 Å². The maximum atomic E-state index is 13.2. The molecular formula is C24H28N6O3S. The number of hydrogen-bond acceptors (Lipinski definition) is 8. The van der Waals surface area contributed by atoms with Gasteiger partial charge in [-0.05, 0) is 24.3 Å². The summed E-state index contributed by atoms with van der Waals surface area (Å²) in [5.74, 6) is 0.849. The number of fused-ring (bicyclic) bond motifs is 1. The van der Waals surface area contributed by atoms with Crippen molar-refractivity contribution in [1.29, 1.82) is 0 Å². The molecule has 2 fully saturated rings. The highest BCUT2D eigenvalue weighted by Crippen LogP contribution is 2.30. The fraction of sp³-hybridized carbons (Fsp3) is 0.375. The van der Waals surface area contributed by atoms with Gasteiger partial charge in [-0.25, -0.2) is 10.4 Å². The molecule has 2 aromatic rings. The summed E-state index contributed by atoms with van der Waals surface area (Å²) in [6.45, 7) is 3.30. The third kappa shape index (κ3) is 4.48. The Kier molecular flexibility index (Phi) is 6.70. The maximum Gasteiger partial charge on any atom is 0.241 e. The van der Waals surface area contributed by atoms with Crippen molar-refractivity contribution in [2.24, 2.45) is 10.9 Å². The molecule has 2 saturated heterocycles. The zero-order valence-corrected chi connectivity index (χ0v) is 19.8. The van der Waals surface area contributed by atoms with Crippen molar-refractivity contribution in [3.8, 4) is 5.75 Å². The van der Waals surface area contributed by atoms with E-state index in [9.17, 15) is 9.59 Å². The van der Waals surface area contributed by atoms with Gasteiger partial charge >= 0.3 is 0 Å². The summed E-state index contributed by atoms with van der Waals surface area (Å²) in [5, 5.41) is 0.551.